The zero-order chi connectivity index (χ0) is 32.2. The molecular weight excluding hydrogens is 605 g/mol. The number of nitrogens with one attached hydrogen (secondary N) is 1. The molecule has 2 aliphatic heterocycles. The first-order chi connectivity index (χ1) is 21.9. The number of halogens is 3. The summed E-state index contributed by atoms with van der Waals surface area (Å²) in [5.74, 6) is -0.473. The van der Waals surface area contributed by atoms with Gasteiger partial charge in [0.15, 0.2) is 5.67 Å². The van der Waals surface area contributed by atoms with E-state index in [2.05, 4.69) is 25.5 Å². The van der Waals surface area contributed by atoms with Crippen molar-refractivity contribution in [2.75, 3.05) is 29.9 Å². The van der Waals surface area contributed by atoms with Crippen LogP contribution in [-0.2, 0) is 4.79 Å². The van der Waals surface area contributed by atoms with Crippen LogP contribution in [0.15, 0.2) is 41.3 Å². The van der Waals surface area contributed by atoms with Gasteiger partial charge in [-0.05, 0) is 57.7 Å². The number of amides is 2. The number of nitrogens with zero attached hydrogens (tertiary/aromatic N) is 7. The van der Waals surface area contributed by atoms with Crippen LogP contribution in [0.3, 0.4) is 0 Å². The van der Waals surface area contributed by atoms with Crippen LogP contribution in [0.25, 0.3) is 16.9 Å². The van der Waals surface area contributed by atoms with Crippen molar-refractivity contribution in [3.63, 3.8) is 0 Å². The summed E-state index contributed by atoms with van der Waals surface area (Å²) in [6, 6.07) is 5.12. The average Bonchev–Trinajstić information content (AvgIpc) is 3.36. The number of hydrogen-bond acceptors (Lipinski definition) is 9. The second kappa shape index (κ2) is 9.74. The van der Waals surface area contributed by atoms with Gasteiger partial charge in [0.1, 0.15) is 5.60 Å². The summed E-state index contributed by atoms with van der Waals surface area (Å²) in [4.78, 5) is 38.3. The van der Waals surface area contributed by atoms with Gasteiger partial charge in [-0.2, -0.15) is 10.1 Å². The smallest absolute Gasteiger partial charge is 0.266 e. The molecule has 0 radical (unpaired) electrons. The Balaban J connectivity index is 0.955. The summed E-state index contributed by atoms with van der Waals surface area (Å²) >= 11 is 0. The van der Waals surface area contributed by atoms with Crippen LogP contribution in [0.4, 0.5) is 24.5 Å². The molecule has 2 N–H and O–H groups in total. The lowest BCUT2D eigenvalue weighted by molar-refractivity contribution is -0.209. The van der Waals surface area contributed by atoms with E-state index < -0.39 is 29.5 Å². The Morgan fingerprint density at radius 3 is 2.63 bits per heavy atom. The van der Waals surface area contributed by atoms with Crippen LogP contribution < -0.4 is 10.2 Å². The maximum atomic E-state index is 14.3. The second-order valence-corrected chi connectivity index (χ2v) is 13.4. The molecule has 2 atom stereocenters. The molecular formula is C31H31F3N8O4. The van der Waals surface area contributed by atoms with Crippen LogP contribution in [0, 0.1) is 12.3 Å². The van der Waals surface area contributed by atoms with Gasteiger partial charge in [-0.25, -0.2) is 17.7 Å². The number of aromatic nitrogens is 5. The molecule has 0 bridgehead atoms. The summed E-state index contributed by atoms with van der Waals surface area (Å²) in [6.45, 7) is 5.00. The van der Waals surface area contributed by atoms with Crippen molar-refractivity contribution in [3.8, 4) is 11.4 Å². The van der Waals surface area contributed by atoms with Gasteiger partial charge in [0.2, 0.25) is 11.7 Å². The summed E-state index contributed by atoms with van der Waals surface area (Å²) in [5, 5.41) is 21.3. The molecule has 46 heavy (non-hydrogen) atoms. The summed E-state index contributed by atoms with van der Waals surface area (Å²) in [7, 11) is 0. The lowest BCUT2D eigenvalue weighted by Gasteiger charge is -2.62. The second-order valence-electron chi connectivity index (χ2n) is 13.4. The molecule has 1 spiro atoms. The Bertz CT molecular complexity index is 1890. The zero-order valence-electron chi connectivity index (χ0n) is 25.1. The monoisotopic (exact) mass is 636 g/mol. The lowest BCUT2D eigenvalue weighted by Crippen LogP contribution is -2.70. The maximum Gasteiger partial charge on any atom is 0.266 e. The average molecular weight is 637 g/mol. The maximum absolute atomic E-state index is 14.3. The quantitative estimate of drug-likeness (QED) is 0.310. The van der Waals surface area contributed by atoms with Gasteiger partial charge in [0.05, 0.1) is 34.6 Å². The normalized spacial score (nSPS) is 23.6. The fourth-order valence-corrected chi connectivity index (χ4v) is 7.13. The van der Waals surface area contributed by atoms with E-state index in [1.165, 1.54) is 11.1 Å². The van der Waals surface area contributed by atoms with E-state index in [-0.39, 0.29) is 48.9 Å². The van der Waals surface area contributed by atoms with E-state index >= 15 is 0 Å². The molecule has 4 fully saturated rings. The van der Waals surface area contributed by atoms with Crippen LogP contribution in [0.5, 0.6) is 0 Å². The third-order valence-electron chi connectivity index (χ3n) is 10.1. The molecule has 2 amide bonds. The van der Waals surface area contributed by atoms with Crippen LogP contribution in [-0.4, -0.2) is 89.9 Å². The third kappa shape index (κ3) is 4.46. The van der Waals surface area contributed by atoms with Gasteiger partial charge in [-0.1, -0.05) is 5.16 Å². The molecule has 0 unspecified atom stereocenters. The first kappa shape index (κ1) is 28.9. The molecule has 4 aromatic heterocycles. The first-order valence-electron chi connectivity index (χ1n) is 15.2. The van der Waals surface area contributed by atoms with E-state index in [0.717, 1.165) is 5.69 Å². The molecule has 2 saturated carbocycles. The van der Waals surface area contributed by atoms with Crippen molar-refractivity contribution in [1.29, 1.82) is 0 Å². The summed E-state index contributed by atoms with van der Waals surface area (Å²) < 4.78 is 47.6. The number of aryl methyl sites for hydroxylation is 1. The van der Waals surface area contributed by atoms with Gasteiger partial charge in [0.25, 0.3) is 18.2 Å². The Morgan fingerprint density at radius 2 is 1.93 bits per heavy atom. The number of anilines is 2. The number of alkyl halides is 3. The van der Waals surface area contributed by atoms with Crippen LogP contribution in [0.2, 0.25) is 0 Å². The fourth-order valence-electron chi connectivity index (χ4n) is 7.13. The number of aliphatic hydroxyl groups is 1. The number of likely N-dealkylation sites (tertiary alicyclic amines) is 1. The highest BCUT2D eigenvalue weighted by Gasteiger charge is 2.63. The molecule has 240 valence electrons. The van der Waals surface area contributed by atoms with E-state index in [4.69, 9.17) is 4.52 Å². The van der Waals surface area contributed by atoms with E-state index in [1.807, 2.05) is 24.0 Å². The number of rotatable bonds is 7. The lowest BCUT2D eigenvalue weighted by atomic mass is 9.55. The molecule has 2 saturated heterocycles. The highest BCUT2D eigenvalue weighted by molar-refractivity contribution is 6.09. The Morgan fingerprint density at radius 1 is 1.17 bits per heavy atom. The van der Waals surface area contributed by atoms with Crippen LogP contribution in [0.1, 0.15) is 60.5 Å². The van der Waals surface area contributed by atoms with Crippen molar-refractivity contribution in [2.24, 2.45) is 5.41 Å². The van der Waals surface area contributed by atoms with Crippen molar-refractivity contribution in [2.45, 2.75) is 69.2 Å². The molecule has 6 heterocycles. The zero-order valence-corrected chi connectivity index (χ0v) is 25.1. The summed E-state index contributed by atoms with van der Waals surface area (Å²) in [5.41, 5.74) is -0.665. The highest BCUT2D eigenvalue weighted by Crippen LogP contribution is 2.57. The number of carbonyl (C=O) groups is 2. The standard InChI is InChI=1S/C31H31F3N8O4/c1-16-22(7-18(9-35-16)24-38-26(46-39-24)21-11-41(17(21)2)28(44)30(34)4-5-30)37-25(43)20-10-36-42-6-3-19(8-23(20)42)40-14-29(15-40)12-31(45,13-29)27(32)33/h3,6-10,17,21,27,45H,4-5,11-15H2,1-2H3,(H,37,43)/t17-,21+/m0/s1. The SMILES string of the molecule is Cc1ncc(-c2noc([C@@H]3CN(C(=O)C4(F)CC4)[C@H]3C)n2)cc1NC(=O)c1cnn2ccc(N3CC4(C3)CC(O)(C(F)F)C4)cc12. The van der Waals surface area contributed by atoms with E-state index in [1.54, 1.807) is 29.9 Å². The van der Waals surface area contributed by atoms with Gasteiger partial charge in [-0.15, -0.1) is 0 Å². The Kier molecular flexibility index (Phi) is 6.12. The highest BCUT2D eigenvalue weighted by atomic mass is 19.3. The largest absolute Gasteiger partial charge is 0.384 e. The van der Waals surface area contributed by atoms with Crippen molar-refractivity contribution >= 4 is 28.7 Å². The minimum Gasteiger partial charge on any atom is -0.384 e. The number of hydrogen-bond donors (Lipinski definition) is 2. The Labute approximate surface area is 260 Å². The predicted molar refractivity (Wildman–Crippen MR) is 157 cm³/mol. The minimum absolute atomic E-state index is 0.0781. The van der Waals surface area contributed by atoms with E-state index in [9.17, 15) is 27.9 Å². The number of fused-ring (bicyclic) bond motifs is 1. The van der Waals surface area contributed by atoms with Gasteiger partial charge < -0.3 is 24.7 Å². The van der Waals surface area contributed by atoms with Crippen molar-refractivity contribution in [3.05, 3.63) is 53.9 Å². The molecule has 12 nitrogen and oxygen atoms in total. The predicted octanol–water partition coefficient (Wildman–Crippen LogP) is 3.75. The topological polar surface area (TPSA) is 142 Å². The van der Waals surface area contributed by atoms with Crippen LogP contribution >= 0.6 is 0 Å². The first-order valence-corrected chi connectivity index (χ1v) is 15.2. The number of carbonyl (C=O) groups excluding carboxylic acids is 2. The van der Waals surface area contributed by atoms with Gasteiger partial charge in [0, 0.05) is 54.7 Å². The number of pyridine rings is 2. The van der Waals surface area contributed by atoms with E-state index in [0.29, 0.717) is 53.5 Å². The minimum atomic E-state index is -2.75. The molecule has 8 rings (SSSR count). The third-order valence-corrected chi connectivity index (χ3v) is 10.1. The molecule has 4 aromatic rings. The van der Waals surface area contributed by atoms with Gasteiger partial charge >= 0.3 is 0 Å². The molecule has 0 aromatic carbocycles. The Hall–Kier alpha value is -4.53. The molecule has 15 heteroatoms. The van der Waals surface area contributed by atoms with Crippen molar-refractivity contribution in [1.82, 2.24) is 29.6 Å². The van der Waals surface area contributed by atoms with Gasteiger partial charge in [-0.3, -0.25) is 14.6 Å². The fraction of sp³-hybridized carbons (Fsp3) is 0.484. The molecule has 2 aliphatic carbocycles. The summed E-state index contributed by atoms with van der Waals surface area (Å²) in [6.07, 6.45) is 2.72. The molecule has 4 aliphatic rings. The van der Waals surface area contributed by atoms with Crippen molar-refractivity contribution < 1.29 is 32.4 Å².